The van der Waals surface area contributed by atoms with Crippen LogP contribution in [0.15, 0.2) is 6.07 Å². The first kappa shape index (κ1) is 12.4. The molecule has 0 aliphatic carbocycles. The van der Waals surface area contributed by atoms with Gasteiger partial charge in [0.2, 0.25) is 17.4 Å². The van der Waals surface area contributed by atoms with Crippen LogP contribution in [0.3, 0.4) is 0 Å². The Labute approximate surface area is 87.8 Å². The fourth-order valence-corrected chi connectivity index (χ4v) is 0.924. The topological polar surface area (TPSA) is 52.3 Å². The van der Waals surface area contributed by atoms with Crippen LogP contribution >= 0.6 is 0 Å². The van der Waals surface area contributed by atoms with Gasteiger partial charge in [-0.25, -0.2) is 8.78 Å². The van der Waals surface area contributed by atoms with Crippen LogP contribution in [0.4, 0.5) is 17.6 Å². The van der Waals surface area contributed by atoms with Gasteiger partial charge in [0, 0.05) is 12.6 Å². The quantitative estimate of drug-likeness (QED) is 0.375. The number of hydrogen-bond donors (Lipinski definition) is 1. The highest BCUT2D eigenvalue weighted by Gasteiger charge is 2.22. The van der Waals surface area contributed by atoms with Crippen molar-refractivity contribution in [2.24, 2.45) is 5.73 Å². The van der Waals surface area contributed by atoms with E-state index in [2.05, 4.69) is 4.74 Å². The van der Waals surface area contributed by atoms with Gasteiger partial charge >= 0.3 is 5.97 Å². The van der Waals surface area contributed by atoms with Crippen molar-refractivity contribution in [1.29, 1.82) is 0 Å². The zero-order valence-electron chi connectivity index (χ0n) is 7.90. The fraction of sp³-hybridized carbons (Fsp3) is 0.222. The largest absolute Gasteiger partial charge is 0.420 e. The Morgan fingerprint density at radius 2 is 1.69 bits per heavy atom. The van der Waals surface area contributed by atoms with Crippen molar-refractivity contribution >= 4 is 5.97 Å². The van der Waals surface area contributed by atoms with Gasteiger partial charge in [0.05, 0.1) is 6.42 Å². The van der Waals surface area contributed by atoms with E-state index in [0.29, 0.717) is 0 Å². The van der Waals surface area contributed by atoms with E-state index in [-0.39, 0.29) is 19.0 Å². The molecule has 0 radical (unpaired) electrons. The lowest BCUT2D eigenvalue weighted by Crippen LogP contribution is -2.16. The van der Waals surface area contributed by atoms with E-state index in [1.807, 2.05) is 0 Å². The highest BCUT2D eigenvalue weighted by atomic mass is 19.2. The van der Waals surface area contributed by atoms with Crippen molar-refractivity contribution in [3.8, 4) is 5.75 Å². The molecular formula is C9H7F4NO2. The molecule has 0 bridgehead atoms. The summed E-state index contributed by atoms with van der Waals surface area (Å²) >= 11 is 0. The third-order valence-corrected chi connectivity index (χ3v) is 1.64. The lowest BCUT2D eigenvalue weighted by atomic mass is 10.3. The van der Waals surface area contributed by atoms with Gasteiger partial charge in [0.25, 0.3) is 0 Å². The van der Waals surface area contributed by atoms with Crippen molar-refractivity contribution in [2.75, 3.05) is 6.54 Å². The van der Waals surface area contributed by atoms with Crippen LogP contribution < -0.4 is 10.5 Å². The number of ether oxygens (including phenoxy) is 1. The first-order chi connectivity index (χ1) is 7.47. The van der Waals surface area contributed by atoms with Crippen LogP contribution in [-0.4, -0.2) is 12.5 Å². The standard InChI is InChI=1S/C9H7F4NO2/c10-4-3-5(11)8(13)9(7(4)12)16-6(15)1-2-14/h3H,1-2,14H2. The number of halogens is 4. The van der Waals surface area contributed by atoms with Crippen molar-refractivity contribution in [1.82, 2.24) is 0 Å². The van der Waals surface area contributed by atoms with Crippen molar-refractivity contribution in [3.05, 3.63) is 29.3 Å². The zero-order chi connectivity index (χ0) is 12.3. The molecule has 0 spiro atoms. The smallest absolute Gasteiger partial charge is 0.312 e. The molecule has 0 heterocycles. The summed E-state index contributed by atoms with van der Waals surface area (Å²) in [5.74, 6) is -9.28. The molecule has 0 saturated heterocycles. The summed E-state index contributed by atoms with van der Waals surface area (Å²) in [5, 5.41) is 0. The second-order valence-electron chi connectivity index (χ2n) is 2.81. The van der Waals surface area contributed by atoms with E-state index in [0.717, 1.165) is 0 Å². The Morgan fingerprint density at radius 3 is 2.12 bits per heavy atom. The normalized spacial score (nSPS) is 10.3. The predicted molar refractivity (Wildman–Crippen MR) is 45.6 cm³/mol. The average Bonchev–Trinajstić information content (AvgIpc) is 2.22. The minimum Gasteiger partial charge on any atom is -0.420 e. The maximum absolute atomic E-state index is 13.0. The van der Waals surface area contributed by atoms with Crippen LogP contribution in [0.25, 0.3) is 0 Å². The Morgan fingerprint density at radius 1 is 1.19 bits per heavy atom. The number of benzene rings is 1. The molecule has 0 fully saturated rings. The summed E-state index contributed by atoms with van der Waals surface area (Å²) in [6.07, 6.45) is -0.322. The molecule has 16 heavy (non-hydrogen) atoms. The average molecular weight is 237 g/mol. The zero-order valence-corrected chi connectivity index (χ0v) is 7.90. The number of rotatable bonds is 3. The van der Waals surface area contributed by atoms with Gasteiger partial charge < -0.3 is 10.5 Å². The molecule has 0 aliphatic heterocycles. The molecule has 88 valence electrons. The molecule has 0 unspecified atom stereocenters. The van der Waals surface area contributed by atoms with Crippen LogP contribution in [0.1, 0.15) is 6.42 Å². The maximum Gasteiger partial charge on any atom is 0.312 e. The van der Waals surface area contributed by atoms with Gasteiger partial charge in [-0.1, -0.05) is 0 Å². The third-order valence-electron chi connectivity index (χ3n) is 1.64. The first-order valence-corrected chi connectivity index (χ1v) is 4.21. The second-order valence-corrected chi connectivity index (χ2v) is 2.81. The Bertz CT molecular complexity index is 396. The minimum absolute atomic E-state index is 0.0188. The van der Waals surface area contributed by atoms with Crippen molar-refractivity contribution < 1.29 is 27.1 Å². The molecule has 1 aromatic carbocycles. The summed E-state index contributed by atoms with van der Waals surface area (Å²) < 4.78 is 55.4. The Kier molecular flexibility index (Phi) is 3.83. The number of carbonyl (C=O) groups is 1. The Balaban J connectivity index is 3.07. The number of nitrogens with two attached hydrogens (primary N) is 1. The molecule has 0 aromatic heterocycles. The maximum atomic E-state index is 13.0. The van der Waals surface area contributed by atoms with Gasteiger partial charge in [-0.15, -0.1) is 0 Å². The lowest BCUT2D eigenvalue weighted by molar-refractivity contribution is -0.134. The van der Waals surface area contributed by atoms with E-state index in [4.69, 9.17) is 5.73 Å². The predicted octanol–water partition coefficient (Wildman–Crippen LogP) is 1.50. The van der Waals surface area contributed by atoms with E-state index in [1.54, 1.807) is 0 Å². The number of hydrogen-bond acceptors (Lipinski definition) is 3. The molecule has 0 atom stereocenters. The third kappa shape index (κ3) is 2.48. The molecule has 1 rings (SSSR count). The van der Waals surface area contributed by atoms with Crippen LogP contribution in [0.2, 0.25) is 0 Å². The van der Waals surface area contributed by atoms with Crippen molar-refractivity contribution in [2.45, 2.75) is 6.42 Å². The fourth-order valence-electron chi connectivity index (χ4n) is 0.924. The summed E-state index contributed by atoms with van der Waals surface area (Å²) in [7, 11) is 0. The molecule has 0 aliphatic rings. The van der Waals surface area contributed by atoms with Crippen LogP contribution in [-0.2, 0) is 4.79 Å². The van der Waals surface area contributed by atoms with Crippen molar-refractivity contribution in [3.63, 3.8) is 0 Å². The summed E-state index contributed by atoms with van der Waals surface area (Å²) in [6, 6.07) is 0.0188. The minimum atomic E-state index is -1.76. The lowest BCUT2D eigenvalue weighted by Gasteiger charge is -2.06. The van der Waals surface area contributed by atoms with E-state index >= 15 is 0 Å². The van der Waals surface area contributed by atoms with E-state index in [1.165, 1.54) is 0 Å². The summed E-state index contributed by atoms with van der Waals surface area (Å²) in [5.41, 5.74) is 4.98. The summed E-state index contributed by atoms with van der Waals surface area (Å²) in [4.78, 5) is 10.9. The SMILES string of the molecule is NCCC(=O)Oc1c(F)c(F)cc(F)c1F. The van der Waals surface area contributed by atoms with Gasteiger partial charge in [0.15, 0.2) is 11.6 Å². The summed E-state index contributed by atoms with van der Waals surface area (Å²) in [6.45, 7) is -0.111. The number of carbonyl (C=O) groups excluding carboxylic acids is 1. The van der Waals surface area contributed by atoms with Crippen LogP contribution in [0, 0.1) is 23.3 Å². The van der Waals surface area contributed by atoms with Gasteiger partial charge in [-0.3, -0.25) is 4.79 Å². The van der Waals surface area contributed by atoms with E-state index < -0.39 is 35.0 Å². The van der Waals surface area contributed by atoms with Gasteiger partial charge in [0.1, 0.15) is 0 Å². The number of esters is 1. The molecule has 7 heteroatoms. The highest BCUT2D eigenvalue weighted by molar-refractivity contribution is 5.72. The van der Waals surface area contributed by atoms with Gasteiger partial charge in [-0.05, 0) is 0 Å². The molecule has 0 saturated carbocycles. The van der Waals surface area contributed by atoms with Gasteiger partial charge in [-0.2, -0.15) is 8.78 Å². The highest BCUT2D eigenvalue weighted by Crippen LogP contribution is 2.26. The second kappa shape index (κ2) is 4.93. The Hall–Kier alpha value is -1.63. The molecule has 1 aromatic rings. The molecular weight excluding hydrogens is 230 g/mol. The monoisotopic (exact) mass is 237 g/mol. The molecule has 2 N–H and O–H groups in total. The van der Waals surface area contributed by atoms with E-state index in [9.17, 15) is 22.4 Å². The molecule has 3 nitrogen and oxygen atoms in total. The molecule has 0 amide bonds. The van der Waals surface area contributed by atoms with Crippen LogP contribution in [0.5, 0.6) is 5.75 Å². The first-order valence-electron chi connectivity index (χ1n) is 4.21.